The first-order valence-corrected chi connectivity index (χ1v) is 10.0. The topological polar surface area (TPSA) is 55.7 Å². The van der Waals surface area contributed by atoms with E-state index < -0.39 is 0 Å². The molecule has 0 saturated carbocycles. The minimum absolute atomic E-state index is 0.0376. The van der Waals surface area contributed by atoms with Crippen LogP contribution >= 0.6 is 0 Å². The Morgan fingerprint density at radius 3 is 2.79 bits per heavy atom. The molecule has 0 bridgehead atoms. The summed E-state index contributed by atoms with van der Waals surface area (Å²) in [4.78, 5) is 14.9. The van der Waals surface area contributed by atoms with Crippen LogP contribution in [0.4, 0.5) is 5.69 Å². The fourth-order valence-electron chi connectivity index (χ4n) is 3.72. The standard InChI is InChI=1S/C23H27N3O3/c1-28-21-4-2-3-18(15-21)16-23(27)24-20-5-6-22-19(17-20)7-8-26(22)10-9-25-11-13-29-14-12-25/h2-8,15,17H,9-14,16H2,1H3,(H,24,27). The second-order valence-electron chi connectivity index (χ2n) is 7.31. The number of aromatic nitrogens is 1. The van der Waals surface area contributed by atoms with Crippen LogP contribution in [-0.4, -0.2) is 55.3 Å². The fourth-order valence-corrected chi connectivity index (χ4v) is 3.72. The Bertz CT molecular complexity index is 976. The molecule has 1 aliphatic heterocycles. The lowest BCUT2D eigenvalue weighted by Gasteiger charge is -2.26. The molecular weight excluding hydrogens is 366 g/mol. The Morgan fingerprint density at radius 2 is 1.97 bits per heavy atom. The van der Waals surface area contributed by atoms with Gasteiger partial charge in [0, 0.05) is 49.0 Å². The van der Waals surface area contributed by atoms with Crippen LogP contribution in [0.1, 0.15) is 5.56 Å². The largest absolute Gasteiger partial charge is 0.497 e. The highest BCUT2D eigenvalue weighted by Crippen LogP contribution is 2.21. The summed E-state index contributed by atoms with van der Waals surface area (Å²) in [5, 5.41) is 4.13. The summed E-state index contributed by atoms with van der Waals surface area (Å²) < 4.78 is 12.9. The molecule has 4 rings (SSSR count). The maximum absolute atomic E-state index is 12.4. The molecule has 1 saturated heterocycles. The van der Waals surface area contributed by atoms with Crippen LogP contribution in [0.15, 0.2) is 54.7 Å². The smallest absolute Gasteiger partial charge is 0.228 e. The van der Waals surface area contributed by atoms with Crippen LogP contribution in [0.2, 0.25) is 0 Å². The summed E-state index contributed by atoms with van der Waals surface area (Å²) in [5.74, 6) is 0.722. The Labute approximate surface area is 171 Å². The molecule has 6 nitrogen and oxygen atoms in total. The van der Waals surface area contributed by atoms with Crippen LogP contribution < -0.4 is 10.1 Å². The molecule has 1 amide bonds. The van der Waals surface area contributed by atoms with Crippen molar-refractivity contribution < 1.29 is 14.3 Å². The van der Waals surface area contributed by atoms with Crippen molar-refractivity contribution in [3.05, 3.63) is 60.3 Å². The lowest BCUT2D eigenvalue weighted by Crippen LogP contribution is -2.38. The number of morpholine rings is 1. The Morgan fingerprint density at radius 1 is 1.10 bits per heavy atom. The fraction of sp³-hybridized carbons (Fsp3) is 0.348. The number of nitrogens with zero attached hydrogens (tertiary/aromatic N) is 2. The number of fused-ring (bicyclic) bond motifs is 1. The van der Waals surface area contributed by atoms with E-state index in [0.29, 0.717) is 6.42 Å². The van der Waals surface area contributed by atoms with Crippen molar-refractivity contribution in [1.82, 2.24) is 9.47 Å². The summed E-state index contributed by atoms with van der Waals surface area (Å²) in [6.45, 7) is 5.62. The second-order valence-corrected chi connectivity index (χ2v) is 7.31. The molecule has 0 unspecified atom stereocenters. The molecule has 0 aliphatic carbocycles. The highest BCUT2D eigenvalue weighted by molar-refractivity contribution is 5.95. The SMILES string of the molecule is COc1cccc(CC(=O)Nc2ccc3c(ccn3CCN3CCOCC3)c2)c1. The Kier molecular flexibility index (Phi) is 6.12. The molecule has 1 N–H and O–H groups in total. The van der Waals surface area contributed by atoms with E-state index in [1.807, 2.05) is 36.4 Å². The number of methoxy groups -OCH3 is 1. The van der Waals surface area contributed by atoms with Gasteiger partial charge in [-0.25, -0.2) is 0 Å². The molecule has 152 valence electrons. The van der Waals surface area contributed by atoms with Gasteiger partial charge >= 0.3 is 0 Å². The lowest BCUT2D eigenvalue weighted by atomic mass is 10.1. The van der Waals surface area contributed by atoms with Crippen LogP contribution in [0.3, 0.4) is 0 Å². The highest BCUT2D eigenvalue weighted by Gasteiger charge is 2.11. The predicted octanol–water partition coefficient (Wildman–Crippen LogP) is 3.16. The maximum atomic E-state index is 12.4. The van der Waals surface area contributed by atoms with Gasteiger partial charge in [-0.3, -0.25) is 9.69 Å². The number of hydrogen-bond donors (Lipinski definition) is 1. The van der Waals surface area contributed by atoms with Crippen LogP contribution in [0.25, 0.3) is 10.9 Å². The van der Waals surface area contributed by atoms with E-state index in [9.17, 15) is 4.79 Å². The number of hydrogen-bond acceptors (Lipinski definition) is 4. The number of anilines is 1. The van der Waals surface area contributed by atoms with Crippen molar-refractivity contribution in [3.8, 4) is 5.75 Å². The average Bonchev–Trinajstić information content (AvgIpc) is 3.15. The van der Waals surface area contributed by atoms with E-state index >= 15 is 0 Å². The molecule has 2 heterocycles. The number of ether oxygens (including phenoxy) is 2. The van der Waals surface area contributed by atoms with Crippen LogP contribution in [-0.2, 0) is 22.5 Å². The zero-order chi connectivity index (χ0) is 20.1. The highest BCUT2D eigenvalue weighted by atomic mass is 16.5. The first kappa shape index (κ1) is 19.5. The molecule has 6 heteroatoms. The normalized spacial score (nSPS) is 14.8. The van der Waals surface area contributed by atoms with Gasteiger partial charge in [-0.2, -0.15) is 0 Å². The van der Waals surface area contributed by atoms with Crippen molar-refractivity contribution >= 4 is 22.5 Å². The molecular formula is C23H27N3O3. The van der Waals surface area contributed by atoms with E-state index in [0.717, 1.165) is 61.8 Å². The third-order valence-electron chi connectivity index (χ3n) is 5.31. The molecule has 1 fully saturated rings. The van der Waals surface area contributed by atoms with Gasteiger partial charge in [0.25, 0.3) is 0 Å². The van der Waals surface area contributed by atoms with Crippen molar-refractivity contribution in [3.63, 3.8) is 0 Å². The Hall–Kier alpha value is -2.83. The van der Waals surface area contributed by atoms with E-state index in [4.69, 9.17) is 9.47 Å². The van der Waals surface area contributed by atoms with Gasteiger partial charge in [-0.1, -0.05) is 12.1 Å². The molecule has 1 aliphatic rings. The van der Waals surface area contributed by atoms with E-state index in [-0.39, 0.29) is 5.91 Å². The third kappa shape index (κ3) is 4.96. The van der Waals surface area contributed by atoms with Crippen LogP contribution in [0.5, 0.6) is 5.75 Å². The summed E-state index contributed by atoms with van der Waals surface area (Å²) in [5.41, 5.74) is 2.93. The van der Waals surface area contributed by atoms with Crippen molar-refractivity contribution in [2.24, 2.45) is 0 Å². The van der Waals surface area contributed by atoms with E-state index in [2.05, 4.69) is 33.1 Å². The first-order chi connectivity index (χ1) is 14.2. The van der Waals surface area contributed by atoms with Gasteiger partial charge in [0.15, 0.2) is 0 Å². The summed E-state index contributed by atoms with van der Waals surface area (Å²) in [7, 11) is 1.63. The Balaban J connectivity index is 1.37. The van der Waals surface area contributed by atoms with Gasteiger partial charge in [-0.05, 0) is 42.0 Å². The molecule has 0 radical (unpaired) electrons. The molecule has 3 aromatic rings. The van der Waals surface area contributed by atoms with Crippen LogP contribution in [0, 0.1) is 0 Å². The van der Waals surface area contributed by atoms with E-state index in [1.165, 1.54) is 5.52 Å². The molecule has 2 aromatic carbocycles. The zero-order valence-corrected chi connectivity index (χ0v) is 16.8. The second kappa shape index (κ2) is 9.11. The van der Waals surface area contributed by atoms with Gasteiger partial charge in [0.05, 0.1) is 26.7 Å². The first-order valence-electron chi connectivity index (χ1n) is 10.0. The molecule has 0 atom stereocenters. The monoisotopic (exact) mass is 393 g/mol. The number of carbonyl (C=O) groups excluding carboxylic acids is 1. The number of benzene rings is 2. The summed E-state index contributed by atoms with van der Waals surface area (Å²) >= 11 is 0. The van der Waals surface area contributed by atoms with Crippen molar-refractivity contribution in [1.29, 1.82) is 0 Å². The molecule has 0 spiro atoms. The number of rotatable bonds is 7. The predicted molar refractivity (Wildman–Crippen MR) is 115 cm³/mol. The minimum atomic E-state index is -0.0376. The lowest BCUT2D eigenvalue weighted by molar-refractivity contribution is -0.115. The number of amides is 1. The van der Waals surface area contributed by atoms with Gasteiger partial charge in [0.2, 0.25) is 5.91 Å². The quantitative estimate of drug-likeness (QED) is 0.670. The summed E-state index contributed by atoms with van der Waals surface area (Å²) in [6.07, 6.45) is 2.43. The molecule has 29 heavy (non-hydrogen) atoms. The van der Waals surface area contributed by atoms with Gasteiger partial charge in [-0.15, -0.1) is 0 Å². The van der Waals surface area contributed by atoms with Gasteiger partial charge in [0.1, 0.15) is 5.75 Å². The average molecular weight is 393 g/mol. The van der Waals surface area contributed by atoms with E-state index in [1.54, 1.807) is 7.11 Å². The van der Waals surface area contributed by atoms with Crippen molar-refractivity contribution in [2.75, 3.05) is 45.3 Å². The van der Waals surface area contributed by atoms with Crippen molar-refractivity contribution in [2.45, 2.75) is 13.0 Å². The molecule has 1 aromatic heterocycles. The van der Waals surface area contributed by atoms with Gasteiger partial charge < -0.3 is 19.4 Å². The number of carbonyl (C=O) groups is 1. The minimum Gasteiger partial charge on any atom is -0.497 e. The third-order valence-corrected chi connectivity index (χ3v) is 5.31. The maximum Gasteiger partial charge on any atom is 0.228 e. The zero-order valence-electron chi connectivity index (χ0n) is 16.8. The summed E-state index contributed by atoms with van der Waals surface area (Å²) in [6, 6.07) is 15.8. The number of nitrogens with one attached hydrogen (secondary N) is 1.